The number of hydrogen-bond donors (Lipinski definition) is 3. The first-order chi connectivity index (χ1) is 17.2. The Bertz CT molecular complexity index is 588. The molecule has 3 atom stereocenters. The molecule has 0 aliphatic rings. The predicted octanol–water partition coefficient (Wildman–Crippen LogP) is 7.04. The van der Waals surface area contributed by atoms with E-state index in [1.165, 1.54) is 12.8 Å². The average Bonchev–Trinajstić information content (AvgIpc) is 2.83. The lowest BCUT2D eigenvalue weighted by atomic mass is 9.91. The summed E-state index contributed by atoms with van der Waals surface area (Å²) in [7, 11) is 0. The number of quaternary nitrogens is 1. The van der Waals surface area contributed by atoms with Gasteiger partial charge in [-0.1, -0.05) is 72.0 Å². The summed E-state index contributed by atoms with van der Waals surface area (Å²) in [6, 6.07) is -3.14. The predicted molar refractivity (Wildman–Crippen MR) is 145 cm³/mol. The topological polar surface area (TPSA) is 112 Å². The first-order valence-corrected chi connectivity index (χ1v) is 14.4. The molecule has 0 aliphatic carbocycles. The molecule has 0 fully saturated rings. The highest BCUT2D eigenvalue weighted by atomic mass is 16.4. The molecule has 210 valence electrons. The zero-order valence-electron chi connectivity index (χ0n) is 23.4. The van der Waals surface area contributed by atoms with Crippen LogP contribution in [0.3, 0.4) is 0 Å². The Morgan fingerprint density at radius 1 is 0.556 bits per heavy atom. The molecule has 0 aliphatic heterocycles. The molecule has 0 saturated carbocycles. The summed E-state index contributed by atoms with van der Waals surface area (Å²) < 4.78 is -0.377. The van der Waals surface area contributed by atoms with Crippen LogP contribution < -0.4 is 0 Å². The molecule has 0 amide bonds. The summed E-state index contributed by atoms with van der Waals surface area (Å²) >= 11 is 0. The van der Waals surface area contributed by atoms with Crippen LogP contribution in [0.15, 0.2) is 12.2 Å². The molecule has 0 heterocycles. The van der Waals surface area contributed by atoms with Crippen LogP contribution in [0, 0.1) is 0 Å². The second-order valence-corrected chi connectivity index (χ2v) is 10.2. The van der Waals surface area contributed by atoms with Crippen molar-refractivity contribution in [2.24, 2.45) is 0 Å². The third-order valence-corrected chi connectivity index (χ3v) is 7.34. The third-order valence-electron chi connectivity index (χ3n) is 7.34. The maximum Gasteiger partial charge on any atom is 0.362 e. The molecule has 0 bridgehead atoms. The van der Waals surface area contributed by atoms with Gasteiger partial charge in [-0.05, 0) is 51.4 Å². The van der Waals surface area contributed by atoms with E-state index in [4.69, 9.17) is 0 Å². The zero-order valence-corrected chi connectivity index (χ0v) is 23.4. The van der Waals surface area contributed by atoms with Crippen molar-refractivity contribution in [1.29, 1.82) is 0 Å². The number of hydrogen-bond acceptors (Lipinski definition) is 3. The van der Waals surface area contributed by atoms with Crippen LogP contribution in [0.1, 0.15) is 130 Å². The number of carboxylic acids is 3. The van der Waals surface area contributed by atoms with Crippen molar-refractivity contribution in [1.82, 2.24) is 0 Å². The van der Waals surface area contributed by atoms with Crippen molar-refractivity contribution in [2.45, 2.75) is 149 Å². The van der Waals surface area contributed by atoms with Gasteiger partial charge in [-0.2, -0.15) is 0 Å². The van der Waals surface area contributed by atoms with Crippen LogP contribution >= 0.6 is 0 Å². The summed E-state index contributed by atoms with van der Waals surface area (Å²) in [5.74, 6) is -3.27. The van der Waals surface area contributed by atoms with E-state index >= 15 is 0 Å². The smallest absolute Gasteiger partial charge is 0.362 e. The molecule has 7 nitrogen and oxygen atoms in total. The van der Waals surface area contributed by atoms with E-state index in [1.807, 2.05) is 20.8 Å². The van der Waals surface area contributed by atoms with Gasteiger partial charge in [-0.3, -0.25) is 4.48 Å². The molecule has 0 aromatic heterocycles. The van der Waals surface area contributed by atoms with Crippen molar-refractivity contribution in [3.63, 3.8) is 0 Å². The molecule has 0 radical (unpaired) electrons. The fourth-order valence-corrected chi connectivity index (χ4v) is 5.56. The molecule has 0 aromatic rings. The number of carboxylic acid groups (broad SMARTS) is 3. The Morgan fingerprint density at radius 2 is 0.917 bits per heavy atom. The van der Waals surface area contributed by atoms with E-state index in [0.717, 1.165) is 44.9 Å². The molecular weight excluding hydrogens is 458 g/mol. The number of allylic oxidation sites excluding steroid dienone is 2. The Labute approximate surface area is 219 Å². The molecule has 0 spiro atoms. The van der Waals surface area contributed by atoms with E-state index in [9.17, 15) is 29.7 Å². The SMILES string of the molecule is CCCC/C=C/CCCCCCCC[N+](C(CCC)C(=O)O)(C(CCC)C(=O)O)C(CCC)C(=O)O. The van der Waals surface area contributed by atoms with Gasteiger partial charge in [-0.15, -0.1) is 0 Å². The summed E-state index contributed by atoms with van der Waals surface area (Å²) in [5.41, 5.74) is 0. The highest BCUT2D eigenvalue weighted by Gasteiger charge is 2.56. The Kier molecular flexibility index (Phi) is 19.1. The molecular formula is C29H54NO6+. The summed E-state index contributed by atoms with van der Waals surface area (Å²) in [6.07, 6.45) is 17.5. The average molecular weight is 513 g/mol. The minimum atomic E-state index is -1.09. The van der Waals surface area contributed by atoms with Crippen molar-refractivity contribution in [2.75, 3.05) is 6.54 Å². The van der Waals surface area contributed by atoms with Crippen LogP contribution in [0.2, 0.25) is 0 Å². The Morgan fingerprint density at radius 3 is 1.28 bits per heavy atom. The standard InChI is InChI=1S/C29H53NO6/c1-5-9-10-11-12-13-14-15-16-17-18-19-23-30(24(20-6-2)27(31)32,25(21-7-3)28(33)34)26(22-8-4)29(35)36/h11-12,24-26H,5-10,13-23H2,1-4H3,(H2-,31,32,33,34,35,36)/p+1/b12-11+. The van der Waals surface area contributed by atoms with Crippen LogP contribution in [-0.2, 0) is 14.4 Å². The number of carbonyl (C=O) groups is 3. The third kappa shape index (κ3) is 11.4. The molecule has 0 rings (SSSR count). The number of rotatable bonds is 24. The first-order valence-electron chi connectivity index (χ1n) is 14.4. The zero-order chi connectivity index (χ0) is 27.4. The normalized spacial score (nSPS) is 15.9. The number of unbranched alkanes of at least 4 members (excludes halogenated alkanes) is 8. The van der Waals surface area contributed by atoms with Gasteiger partial charge in [-0.25, -0.2) is 14.4 Å². The van der Waals surface area contributed by atoms with Crippen LogP contribution in [-0.4, -0.2) is 62.4 Å². The van der Waals surface area contributed by atoms with Crippen molar-refractivity contribution in [3.05, 3.63) is 12.2 Å². The summed E-state index contributed by atoms with van der Waals surface area (Å²) in [6.45, 7) is 8.07. The van der Waals surface area contributed by atoms with Crippen molar-refractivity contribution >= 4 is 17.9 Å². The van der Waals surface area contributed by atoms with Gasteiger partial charge in [0.1, 0.15) is 0 Å². The second-order valence-electron chi connectivity index (χ2n) is 10.2. The van der Waals surface area contributed by atoms with Crippen LogP contribution in [0.4, 0.5) is 0 Å². The van der Waals surface area contributed by atoms with Gasteiger partial charge in [0.2, 0.25) is 0 Å². The van der Waals surface area contributed by atoms with Gasteiger partial charge in [0.15, 0.2) is 18.1 Å². The fourth-order valence-electron chi connectivity index (χ4n) is 5.56. The monoisotopic (exact) mass is 512 g/mol. The molecule has 3 N–H and O–H groups in total. The highest BCUT2D eigenvalue weighted by molar-refractivity contribution is 5.78. The number of nitrogens with zero attached hydrogens (tertiary/aromatic N) is 1. The minimum absolute atomic E-state index is 0.266. The Hall–Kier alpha value is -1.89. The van der Waals surface area contributed by atoms with Crippen molar-refractivity contribution < 1.29 is 34.2 Å². The largest absolute Gasteiger partial charge is 0.477 e. The molecule has 0 aromatic carbocycles. The highest BCUT2D eigenvalue weighted by Crippen LogP contribution is 2.34. The molecule has 0 saturated heterocycles. The quantitative estimate of drug-likeness (QED) is 0.0726. The molecule has 7 heteroatoms. The van der Waals surface area contributed by atoms with Gasteiger partial charge in [0.05, 0.1) is 6.54 Å². The number of aliphatic carboxylic acids is 3. The van der Waals surface area contributed by atoms with Crippen molar-refractivity contribution in [3.8, 4) is 0 Å². The first kappa shape index (κ1) is 34.1. The minimum Gasteiger partial charge on any atom is -0.477 e. The van der Waals surface area contributed by atoms with Gasteiger partial charge in [0.25, 0.3) is 0 Å². The summed E-state index contributed by atoms with van der Waals surface area (Å²) in [5, 5.41) is 30.7. The van der Waals surface area contributed by atoms with E-state index in [2.05, 4.69) is 19.1 Å². The van der Waals surface area contributed by atoms with Crippen LogP contribution in [0.5, 0.6) is 0 Å². The molecule has 36 heavy (non-hydrogen) atoms. The van der Waals surface area contributed by atoms with Gasteiger partial charge in [0, 0.05) is 19.3 Å². The lowest BCUT2D eigenvalue weighted by molar-refractivity contribution is -0.973. The maximum atomic E-state index is 12.5. The maximum absolute atomic E-state index is 12.5. The van der Waals surface area contributed by atoms with E-state index in [1.54, 1.807) is 0 Å². The second kappa shape index (κ2) is 20.2. The van der Waals surface area contributed by atoms with Gasteiger partial charge < -0.3 is 15.3 Å². The van der Waals surface area contributed by atoms with E-state index < -0.39 is 36.0 Å². The van der Waals surface area contributed by atoms with Gasteiger partial charge >= 0.3 is 17.9 Å². The molecule has 3 unspecified atom stereocenters. The Balaban J connectivity index is 5.60. The lowest BCUT2D eigenvalue weighted by Crippen LogP contribution is -2.72. The lowest BCUT2D eigenvalue weighted by Gasteiger charge is -2.50. The van der Waals surface area contributed by atoms with E-state index in [-0.39, 0.29) is 30.3 Å². The summed E-state index contributed by atoms with van der Waals surface area (Å²) in [4.78, 5) is 37.5. The van der Waals surface area contributed by atoms with E-state index in [0.29, 0.717) is 25.7 Å². The van der Waals surface area contributed by atoms with Crippen LogP contribution in [0.25, 0.3) is 0 Å². The fraction of sp³-hybridized carbons (Fsp3) is 0.828.